The monoisotopic (exact) mass is 286 g/mol. The summed E-state index contributed by atoms with van der Waals surface area (Å²) in [5.41, 5.74) is 4.53. The van der Waals surface area contributed by atoms with Crippen LogP contribution in [0.15, 0.2) is 29.0 Å². The number of hydrogen-bond donors (Lipinski definition) is 1. The van der Waals surface area contributed by atoms with E-state index in [1.54, 1.807) is 23.5 Å². The Bertz CT molecular complexity index is 801. The third-order valence-corrected chi connectivity index (χ3v) is 4.39. The van der Waals surface area contributed by atoms with Crippen LogP contribution >= 0.6 is 11.3 Å². The van der Waals surface area contributed by atoms with Gasteiger partial charge in [0.05, 0.1) is 23.1 Å². The number of nitrogens with zero attached hydrogens (tertiary/aromatic N) is 2. The van der Waals surface area contributed by atoms with Crippen molar-refractivity contribution in [2.75, 3.05) is 0 Å². The number of aromatic carboxylic acids is 1. The zero-order chi connectivity index (χ0) is 14.3. The summed E-state index contributed by atoms with van der Waals surface area (Å²) in [6.07, 6.45) is 0. The molecule has 2 heterocycles. The maximum absolute atomic E-state index is 11.0. The van der Waals surface area contributed by atoms with Gasteiger partial charge in [-0.3, -0.25) is 0 Å². The SMILES string of the molecule is Cc1cscc1Cn1c(C)nc2cc(C(=O)O)ccc21. The second-order valence-electron chi connectivity index (χ2n) is 4.83. The van der Waals surface area contributed by atoms with Crippen LogP contribution in [-0.2, 0) is 6.54 Å². The molecule has 3 rings (SSSR count). The van der Waals surface area contributed by atoms with E-state index < -0.39 is 5.97 Å². The highest BCUT2D eigenvalue weighted by molar-refractivity contribution is 7.08. The fourth-order valence-electron chi connectivity index (χ4n) is 2.30. The molecule has 0 amide bonds. The van der Waals surface area contributed by atoms with Crippen LogP contribution in [0.5, 0.6) is 0 Å². The van der Waals surface area contributed by atoms with Gasteiger partial charge in [0.25, 0.3) is 0 Å². The molecule has 0 saturated carbocycles. The minimum absolute atomic E-state index is 0.272. The fourth-order valence-corrected chi connectivity index (χ4v) is 3.15. The van der Waals surface area contributed by atoms with Crippen LogP contribution in [0.1, 0.15) is 27.3 Å². The van der Waals surface area contributed by atoms with Gasteiger partial charge in [-0.25, -0.2) is 9.78 Å². The van der Waals surface area contributed by atoms with E-state index in [9.17, 15) is 4.79 Å². The largest absolute Gasteiger partial charge is 0.478 e. The third-order valence-electron chi connectivity index (χ3n) is 3.48. The van der Waals surface area contributed by atoms with E-state index in [1.807, 2.05) is 13.0 Å². The first-order valence-electron chi connectivity index (χ1n) is 6.28. The van der Waals surface area contributed by atoms with Crippen molar-refractivity contribution in [3.8, 4) is 0 Å². The maximum atomic E-state index is 11.0. The van der Waals surface area contributed by atoms with Crippen molar-refractivity contribution in [3.63, 3.8) is 0 Å². The number of carbonyl (C=O) groups is 1. The molecule has 1 N–H and O–H groups in total. The lowest BCUT2D eigenvalue weighted by atomic mass is 10.2. The summed E-state index contributed by atoms with van der Waals surface area (Å²) in [7, 11) is 0. The zero-order valence-electron chi connectivity index (χ0n) is 11.3. The Morgan fingerprint density at radius 1 is 1.35 bits per heavy atom. The summed E-state index contributed by atoms with van der Waals surface area (Å²) in [6, 6.07) is 5.09. The molecule has 0 bridgehead atoms. The van der Waals surface area contributed by atoms with Crippen molar-refractivity contribution in [2.45, 2.75) is 20.4 Å². The summed E-state index contributed by atoms with van der Waals surface area (Å²) in [4.78, 5) is 15.5. The molecular formula is C15H14N2O2S. The van der Waals surface area contributed by atoms with E-state index >= 15 is 0 Å². The first-order chi connectivity index (χ1) is 9.56. The van der Waals surface area contributed by atoms with Gasteiger partial charge in [-0.2, -0.15) is 11.3 Å². The van der Waals surface area contributed by atoms with Gasteiger partial charge in [-0.1, -0.05) is 0 Å². The standard InChI is InChI=1S/C15H14N2O2S/c1-9-7-20-8-12(9)6-17-10(2)16-13-5-11(15(18)19)3-4-14(13)17/h3-5,7-8H,6H2,1-2H3,(H,18,19). The Morgan fingerprint density at radius 3 is 2.80 bits per heavy atom. The Labute approximate surface area is 120 Å². The lowest BCUT2D eigenvalue weighted by Gasteiger charge is -2.06. The van der Waals surface area contributed by atoms with Crippen LogP contribution in [0.3, 0.4) is 0 Å². The molecule has 5 heteroatoms. The molecule has 1 aromatic carbocycles. The van der Waals surface area contributed by atoms with E-state index in [0.29, 0.717) is 0 Å². The average Bonchev–Trinajstić information content (AvgIpc) is 2.94. The van der Waals surface area contributed by atoms with E-state index in [-0.39, 0.29) is 5.56 Å². The Kier molecular flexibility index (Phi) is 3.06. The molecule has 0 atom stereocenters. The predicted molar refractivity (Wildman–Crippen MR) is 79.6 cm³/mol. The van der Waals surface area contributed by atoms with Gasteiger partial charge in [0.2, 0.25) is 0 Å². The summed E-state index contributed by atoms with van der Waals surface area (Å²) in [6.45, 7) is 4.81. The van der Waals surface area contributed by atoms with Gasteiger partial charge < -0.3 is 9.67 Å². The number of carboxylic acid groups (broad SMARTS) is 1. The van der Waals surface area contributed by atoms with Crippen molar-refractivity contribution < 1.29 is 9.90 Å². The third kappa shape index (κ3) is 2.10. The van der Waals surface area contributed by atoms with Gasteiger partial charge in [0.15, 0.2) is 0 Å². The molecular weight excluding hydrogens is 272 g/mol. The molecule has 0 aliphatic carbocycles. The van der Waals surface area contributed by atoms with E-state index in [4.69, 9.17) is 5.11 Å². The van der Waals surface area contributed by atoms with Crippen LogP contribution in [0.25, 0.3) is 11.0 Å². The fraction of sp³-hybridized carbons (Fsp3) is 0.200. The number of rotatable bonds is 3. The van der Waals surface area contributed by atoms with Crippen molar-refractivity contribution in [2.24, 2.45) is 0 Å². The molecule has 20 heavy (non-hydrogen) atoms. The predicted octanol–water partition coefficient (Wildman–Crippen LogP) is 3.46. The Morgan fingerprint density at radius 2 is 2.15 bits per heavy atom. The zero-order valence-corrected chi connectivity index (χ0v) is 12.1. The quantitative estimate of drug-likeness (QED) is 0.802. The van der Waals surface area contributed by atoms with Gasteiger partial charge in [-0.05, 0) is 53.9 Å². The molecule has 0 saturated heterocycles. The number of aromatic nitrogens is 2. The van der Waals surface area contributed by atoms with E-state index in [2.05, 4.69) is 27.2 Å². The second kappa shape index (κ2) is 4.76. The van der Waals surface area contributed by atoms with Crippen molar-refractivity contribution in [1.82, 2.24) is 9.55 Å². The van der Waals surface area contributed by atoms with Crippen molar-refractivity contribution >= 4 is 28.3 Å². The summed E-state index contributed by atoms with van der Waals surface area (Å²) >= 11 is 1.69. The maximum Gasteiger partial charge on any atom is 0.335 e. The highest BCUT2D eigenvalue weighted by Gasteiger charge is 2.12. The summed E-state index contributed by atoms with van der Waals surface area (Å²) < 4.78 is 2.12. The molecule has 102 valence electrons. The highest BCUT2D eigenvalue weighted by Crippen LogP contribution is 2.22. The van der Waals surface area contributed by atoms with Crippen LogP contribution in [0.2, 0.25) is 0 Å². The highest BCUT2D eigenvalue weighted by atomic mass is 32.1. The first-order valence-corrected chi connectivity index (χ1v) is 7.22. The molecule has 0 radical (unpaired) electrons. The Balaban J connectivity index is 2.09. The van der Waals surface area contributed by atoms with Gasteiger partial charge in [0.1, 0.15) is 5.82 Å². The van der Waals surface area contributed by atoms with E-state index in [0.717, 1.165) is 23.4 Å². The lowest BCUT2D eigenvalue weighted by molar-refractivity contribution is 0.0697. The van der Waals surface area contributed by atoms with Crippen LogP contribution in [0, 0.1) is 13.8 Å². The van der Waals surface area contributed by atoms with Crippen LogP contribution in [-0.4, -0.2) is 20.6 Å². The number of carboxylic acids is 1. The number of benzene rings is 1. The molecule has 0 aliphatic rings. The number of imidazole rings is 1. The van der Waals surface area contributed by atoms with Crippen LogP contribution in [0.4, 0.5) is 0 Å². The van der Waals surface area contributed by atoms with Crippen LogP contribution < -0.4 is 0 Å². The molecule has 0 unspecified atom stereocenters. The smallest absolute Gasteiger partial charge is 0.335 e. The summed E-state index contributed by atoms with van der Waals surface area (Å²) in [5.74, 6) is -0.0269. The van der Waals surface area contributed by atoms with Gasteiger partial charge in [0, 0.05) is 0 Å². The number of aryl methyl sites for hydroxylation is 2. The average molecular weight is 286 g/mol. The number of thiophene rings is 1. The lowest BCUT2D eigenvalue weighted by Crippen LogP contribution is -2.02. The minimum Gasteiger partial charge on any atom is -0.478 e. The molecule has 3 aromatic rings. The molecule has 0 fully saturated rings. The number of fused-ring (bicyclic) bond motifs is 1. The first kappa shape index (κ1) is 12.9. The van der Waals surface area contributed by atoms with Gasteiger partial charge >= 0.3 is 5.97 Å². The molecule has 0 aliphatic heterocycles. The van der Waals surface area contributed by atoms with Crippen molar-refractivity contribution in [1.29, 1.82) is 0 Å². The van der Waals surface area contributed by atoms with Crippen molar-refractivity contribution in [3.05, 3.63) is 51.5 Å². The topological polar surface area (TPSA) is 55.1 Å². The Hall–Kier alpha value is -2.14. The van der Waals surface area contributed by atoms with Gasteiger partial charge in [-0.15, -0.1) is 0 Å². The minimum atomic E-state index is -0.923. The summed E-state index contributed by atoms with van der Waals surface area (Å²) in [5, 5.41) is 13.3. The molecule has 4 nitrogen and oxygen atoms in total. The molecule has 2 aromatic heterocycles. The van der Waals surface area contributed by atoms with E-state index in [1.165, 1.54) is 11.1 Å². The number of hydrogen-bond acceptors (Lipinski definition) is 3. The normalized spacial score (nSPS) is 11.1. The molecule has 0 spiro atoms. The second-order valence-corrected chi connectivity index (χ2v) is 5.58.